The molecule has 2 rings (SSSR count). The molecular formula is C16H22N4O. The molecule has 112 valence electrons. The summed E-state index contributed by atoms with van der Waals surface area (Å²) in [4.78, 5) is 21.7. The third kappa shape index (κ3) is 4.16. The van der Waals surface area contributed by atoms with Crippen molar-refractivity contribution < 1.29 is 4.79 Å². The second-order valence-electron chi connectivity index (χ2n) is 5.58. The maximum atomic E-state index is 12.2. The lowest BCUT2D eigenvalue weighted by Gasteiger charge is -2.13. The summed E-state index contributed by atoms with van der Waals surface area (Å²) in [5.74, 6) is 0.679. The van der Waals surface area contributed by atoms with E-state index in [0.717, 1.165) is 18.1 Å². The third-order valence-corrected chi connectivity index (χ3v) is 3.20. The summed E-state index contributed by atoms with van der Waals surface area (Å²) in [6, 6.07) is 7.53. The van der Waals surface area contributed by atoms with Crippen molar-refractivity contribution in [3.8, 4) is 0 Å². The van der Waals surface area contributed by atoms with Crippen LogP contribution in [-0.2, 0) is 6.54 Å². The van der Waals surface area contributed by atoms with Crippen molar-refractivity contribution >= 4 is 5.91 Å². The predicted molar refractivity (Wildman–Crippen MR) is 83.0 cm³/mol. The topological polar surface area (TPSA) is 61.0 Å². The van der Waals surface area contributed by atoms with Crippen LogP contribution in [0.5, 0.6) is 0 Å². The lowest BCUT2D eigenvalue weighted by molar-refractivity contribution is 0.0938. The predicted octanol–water partition coefficient (Wildman–Crippen LogP) is 2.27. The van der Waals surface area contributed by atoms with Crippen molar-refractivity contribution in [1.82, 2.24) is 20.2 Å². The normalized spacial score (nSPS) is 12.4. The number of aromatic nitrogens is 2. The van der Waals surface area contributed by atoms with Gasteiger partial charge in [0.05, 0.1) is 6.04 Å². The van der Waals surface area contributed by atoms with Gasteiger partial charge >= 0.3 is 0 Å². The SMILES string of the molecule is Cc1cnc([C@H](C)NC(=O)c2ccc(CN(C)C)cc2)[nH]1. The van der Waals surface area contributed by atoms with Crippen LogP contribution in [0.3, 0.4) is 0 Å². The molecule has 0 saturated heterocycles. The molecule has 0 aliphatic rings. The van der Waals surface area contributed by atoms with Crippen molar-refractivity contribution in [2.75, 3.05) is 14.1 Å². The number of hydrogen-bond acceptors (Lipinski definition) is 3. The van der Waals surface area contributed by atoms with E-state index < -0.39 is 0 Å². The highest BCUT2D eigenvalue weighted by Crippen LogP contribution is 2.11. The fraction of sp³-hybridized carbons (Fsp3) is 0.375. The van der Waals surface area contributed by atoms with E-state index in [2.05, 4.69) is 20.2 Å². The number of aromatic amines is 1. The van der Waals surface area contributed by atoms with Crippen LogP contribution < -0.4 is 5.32 Å². The Kier molecular flexibility index (Phi) is 4.75. The number of nitrogens with zero attached hydrogens (tertiary/aromatic N) is 2. The Bertz CT molecular complexity index is 601. The number of amides is 1. The van der Waals surface area contributed by atoms with Gasteiger partial charge < -0.3 is 15.2 Å². The minimum atomic E-state index is -0.146. The van der Waals surface area contributed by atoms with Gasteiger partial charge in [0.1, 0.15) is 5.82 Å². The molecular weight excluding hydrogens is 264 g/mol. The Labute approximate surface area is 125 Å². The molecule has 5 heteroatoms. The first kappa shape index (κ1) is 15.3. The standard InChI is InChI=1S/C16H22N4O/c1-11-9-17-15(18-11)12(2)19-16(21)14-7-5-13(6-8-14)10-20(3)4/h5-9,12H,10H2,1-4H3,(H,17,18)(H,19,21)/t12-/m0/s1. The van der Waals surface area contributed by atoms with Crippen molar-refractivity contribution in [3.63, 3.8) is 0 Å². The number of nitrogens with one attached hydrogen (secondary N) is 2. The first-order chi connectivity index (χ1) is 9.95. The molecule has 1 amide bonds. The molecule has 0 fully saturated rings. The van der Waals surface area contributed by atoms with Gasteiger partial charge in [0, 0.05) is 24.0 Å². The third-order valence-electron chi connectivity index (χ3n) is 3.20. The molecule has 0 unspecified atom stereocenters. The number of imidazole rings is 1. The molecule has 0 saturated carbocycles. The fourth-order valence-corrected chi connectivity index (χ4v) is 2.13. The summed E-state index contributed by atoms with van der Waals surface area (Å²) in [5.41, 5.74) is 2.83. The summed E-state index contributed by atoms with van der Waals surface area (Å²) < 4.78 is 0. The molecule has 1 atom stereocenters. The van der Waals surface area contributed by atoms with E-state index in [-0.39, 0.29) is 11.9 Å². The van der Waals surface area contributed by atoms with E-state index in [9.17, 15) is 4.79 Å². The zero-order valence-corrected chi connectivity index (χ0v) is 13.0. The van der Waals surface area contributed by atoms with Gasteiger partial charge in [-0.2, -0.15) is 0 Å². The van der Waals surface area contributed by atoms with E-state index in [1.165, 1.54) is 5.56 Å². The van der Waals surface area contributed by atoms with Crippen LogP contribution in [0, 0.1) is 6.92 Å². The number of carbonyl (C=O) groups excluding carboxylic acids is 1. The second-order valence-corrected chi connectivity index (χ2v) is 5.58. The van der Waals surface area contributed by atoms with Crippen LogP contribution in [0.4, 0.5) is 0 Å². The lowest BCUT2D eigenvalue weighted by Crippen LogP contribution is -2.27. The Balaban J connectivity index is 1.99. The molecule has 0 aliphatic carbocycles. The van der Waals surface area contributed by atoms with Crippen molar-refractivity contribution in [3.05, 3.63) is 53.1 Å². The summed E-state index contributed by atoms with van der Waals surface area (Å²) >= 11 is 0. The highest BCUT2D eigenvalue weighted by Gasteiger charge is 2.13. The first-order valence-electron chi connectivity index (χ1n) is 7.01. The Morgan fingerprint density at radius 3 is 2.52 bits per heavy atom. The molecule has 1 aromatic heterocycles. The van der Waals surface area contributed by atoms with E-state index in [1.807, 2.05) is 52.2 Å². The van der Waals surface area contributed by atoms with Gasteiger partial charge in [0.15, 0.2) is 0 Å². The largest absolute Gasteiger partial charge is 0.344 e. The van der Waals surface area contributed by atoms with Crippen LogP contribution in [0.15, 0.2) is 30.5 Å². The molecule has 0 radical (unpaired) electrons. The number of benzene rings is 1. The van der Waals surface area contributed by atoms with Crippen LogP contribution in [0.2, 0.25) is 0 Å². The highest BCUT2D eigenvalue weighted by molar-refractivity contribution is 5.94. The smallest absolute Gasteiger partial charge is 0.251 e. The average Bonchev–Trinajstić information content (AvgIpc) is 2.85. The van der Waals surface area contributed by atoms with E-state index in [1.54, 1.807) is 6.20 Å². The summed E-state index contributed by atoms with van der Waals surface area (Å²) in [6.45, 7) is 4.72. The molecule has 5 nitrogen and oxygen atoms in total. The molecule has 1 aromatic carbocycles. The second kappa shape index (κ2) is 6.54. The lowest BCUT2D eigenvalue weighted by atomic mass is 10.1. The van der Waals surface area contributed by atoms with Gasteiger partial charge in [-0.05, 0) is 45.6 Å². The Morgan fingerprint density at radius 1 is 1.33 bits per heavy atom. The van der Waals surface area contributed by atoms with Crippen molar-refractivity contribution in [1.29, 1.82) is 0 Å². The maximum Gasteiger partial charge on any atom is 0.251 e. The van der Waals surface area contributed by atoms with Crippen molar-refractivity contribution in [2.24, 2.45) is 0 Å². The minimum absolute atomic E-state index is 0.0899. The highest BCUT2D eigenvalue weighted by atomic mass is 16.1. The van der Waals surface area contributed by atoms with Gasteiger partial charge in [0.25, 0.3) is 5.91 Å². The van der Waals surface area contributed by atoms with Crippen LogP contribution >= 0.6 is 0 Å². The van der Waals surface area contributed by atoms with E-state index in [0.29, 0.717) is 5.56 Å². The molecule has 2 N–H and O–H groups in total. The fourth-order valence-electron chi connectivity index (χ4n) is 2.13. The Hall–Kier alpha value is -2.14. The molecule has 2 aromatic rings. The van der Waals surface area contributed by atoms with Gasteiger partial charge in [0.2, 0.25) is 0 Å². The number of aryl methyl sites for hydroxylation is 1. The summed E-state index contributed by atoms with van der Waals surface area (Å²) in [6.07, 6.45) is 1.76. The zero-order chi connectivity index (χ0) is 15.4. The molecule has 0 bridgehead atoms. The monoisotopic (exact) mass is 286 g/mol. The first-order valence-corrected chi connectivity index (χ1v) is 7.01. The Morgan fingerprint density at radius 2 is 2.00 bits per heavy atom. The van der Waals surface area contributed by atoms with Gasteiger partial charge in [-0.25, -0.2) is 4.98 Å². The van der Waals surface area contributed by atoms with Gasteiger partial charge in [-0.15, -0.1) is 0 Å². The summed E-state index contributed by atoms with van der Waals surface area (Å²) in [7, 11) is 4.04. The van der Waals surface area contributed by atoms with Gasteiger partial charge in [-0.3, -0.25) is 4.79 Å². The average molecular weight is 286 g/mol. The van der Waals surface area contributed by atoms with E-state index in [4.69, 9.17) is 0 Å². The molecule has 1 heterocycles. The van der Waals surface area contributed by atoms with Crippen LogP contribution in [0.25, 0.3) is 0 Å². The molecule has 21 heavy (non-hydrogen) atoms. The number of rotatable bonds is 5. The number of hydrogen-bond donors (Lipinski definition) is 2. The number of carbonyl (C=O) groups is 1. The minimum Gasteiger partial charge on any atom is -0.344 e. The van der Waals surface area contributed by atoms with E-state index >= 15 is 0 Å². The maximum absolute atomic E-state index is 12.2. The van der Waals surface area contributed by atoms with Crippen LogP contribution in [-0.4, -0.2) is 34.9 Å². The van der Waals surface area contributed by atoms with Gasteiger partial charge in [-0.1, -0.05) is 12.1 Å². The summed E-state index contributed by atoms with van der Waals surface area (Å²) in [5, 5.41) is 2.94. The molecule has 0 spiro atoms. The zero-order valence-electron chi connectivity index (χ0n) is 13.0. The van der Waals surface area contributed by atoms with Crippen molar-refractivity contribution in [2.45, 2.75) is 26.4 Å². The quantitative estimate of drug-likeness (QED) is 0.886. The van der Waals surface area contributed by atoms with Crippen LogP contribution in [0.1, 0.15) is 40.4 Å². The number of H-pyrrole nitrogens is 1. The molecule has 0 aliphatic heterocycles.